The molecule has 0 spiro atoms. The van der Waals surface area contributed by atoms with Gasteiger partial charge in [-0.2, -0.15) is 0 Å². The van der Waals surface area contributed by atoms with Crippen LogP contribution in [0.15, 0.2) is 54.6 Å². The highest BCUT2D eigenvalue weighted by molar-refractivity contribution is 8.00. The summed E-state index contributed by atoms with van der Waals surface area (Å²) in [6.45, 7) is 2.74. The van der Waals surface area contributed by atoms with Crippen LogP contribution in [0.25, 0.3) is 0 Å². The first-order valence-electron chi connectivity index (χ1n) is 8.69. The second-order valence-electron chi connectivity index (χ2n) is 5.65. The van der Waals surface area contributed by atoms with Crippen LogP contribution < -0.4 is 10.6 Å². The summed E-state index contributed by atoms with van der Waals surface area (Å²) in [5.41, 5.74) is 2.22. The lowest BCUT2D eigenvalue weighted by atomic mass is 10.0. The average Bonchev–Trinajstić information content (AvgIpc) is 2.68. The standard InChI is InChI=1S/C20H23ClN2O3S/c1-2-26-20(25)23-13-12-22-18(24)14-27-19(15-6-4-3-5-7-15)16-8-10-17(21)11-9-16/h3-11,19H,2,12-14H2,1H3,(H,22,24)(H,23,25). The summed E-state index contributed by atoms with van der Waals surface area (Å²) >= 11 is 7.54. The van der Waals surface area contributed by atoms with Crippen LogP contribution in [-0.4, -0.2) is 37.4 Å². The molecule has 7 heteroatoms. The summed E-state index contributed by atoms with van der Waals surface area (Å²) in [5.74, 6) is 0.224. The molecule has 2 rings (SSSR count). The number of nitrogens with one attached hydrogen (secondary N) is 2. The number of carbonyl (C=O) groups is 2. The second kappa shape index (κ2) is 11.5. The number of alkyl carbamates (subject to hydrolysis) is 1. The van der Waals surface area contributed by atoms with Crippen molar-refractivity contribution < 1.29 is 14.3 Å². The van der Waals surface area contributed by atoms with Gasteiger partial charge in [0.05, 0.1) is 17.6 Å². The molecule has 0 aromatic heterocycles. The van der Waals surface area contributed by atoms with E-state index in [2.05, 4.69) is 10.6 Å². The van der Waals surface area contributed by atoms with Gasteiger partial charge in [-0.25, -0.2) is 4.79 Å². The fourth-order valence-electron chi connectivity index (χ4n) is 2.41. The Morgan fingerprint density at radius 2 is 1.63 bits per heavy atom. The number of thioether (sulfide) groups is 1. The molecule has 0 heterocycles. The molecule has 2 amide bonds. The van der Waals surface area contributed by atoms with Gasteiger partial charge in [-0.15, -0.1) is 11.8 Å². The first kappa shape index (κ1) is 21.1. The third-order valence-corrected chi connectivity index (χ3v) is 5.21. The Kier molecular flexibility index (Phi) is 9.01. The van der Waals surface area contributed by atoms with E-state index in [4.69, 9.17) is 16.3 Å². The first-order valence-corrected chi connectivity index (χ1v) is 10.1. The highest BCUT2D eigenvalue weighted by Gasteiger charge is 2.16. The summed E-state index contributed by atoms with van der Waals surface area (Å²) in [6, 6.07) is 17.7. The van der Waals surface area contributed by atoms with E-state index in [-0.39, 0.29) is 11.2 Å². The van der Waals surface area contributed by atoms with Gasteiger partial charge in [-0.3, -0.25) is 4.79 Å². The number of benzene rings is 2. The van der Waals surface area contributed by atoms with Crippen molar-refractivity contribution in [2.24, 2.45) is 0 Å². The predicted molar refractivity (Wildman–Crippen MR) is 110 cm³/mol. The van der Waals surface area contributed by atoms with Crippen molar-refractivity contribution in [2.75, 3.05) is 25.4 Å². The van der Waals surface area contributed by atoms with E-state index in [1.54, 1.807) is 18.7 Å². The van der Waals surface area contributed by atoms with Crippen LogP contribution in [0.3, 0.4) is 0 Å². The van der Waals surface area contributed by atoms with E-state index < -0.39 is 6.09 Å². The molecule has 2 aromatic carbocycles. The van der Waals surface area contributed by atoms with Crippen LogP contribution in [0.2, 0.25) is 5.02 Å². The number of ether oxygens (including phenoxy) is 1. The SMILES string of the molecule is CCOC(=O)NCCNC(=O)CSC(c1ccccc1)c1ccc(Cl)cc1. The van der Waals surface area contributed by atoms with Crippen LogP contribution in [0.5, 0.6) is 0 Å². The molecule has 1 atom stereocenters. The summed E-state index contributed by atoms with van der Waals surface area (Å²) in [4.78, 5) is 23.3. The number of carbonyl (C=O) groups excluding carboxylic acids is 2. The Labute approximate surface area is 168 Å². The van der Waals surface area contributed by atoms with E-state index in [1.165, 1.54) is 0 Å². The van der Waals surface area contributed by atoms with Crippen molar-refractivity contribution in [3.8, 4) is 0 Å². The molecule has 0 fully saturated rings. The topological polar surface area (TPSA) is 67.4 Å². The predicted octanol–water partition coefficient (Wildman–Crippen LogP) is 4.02. The third kappa shape index (κ3) is 7.53. The van der Waals surface area contributed by atoms with Crippen LogP contribution in [0.4, 0.5) is 4.79 Å². The molecule has 144 valence electrons. The lowest BCUT2D eigenvalue weighted by molar-refractivity contribution is -0.118. The molecule has 0 radical (unpaired) electrons. The smallest absolute Gasteiger partial charge is 0.407 e. The largest absolute Gasteiger partial charge is 0.450 e. The van der Waals surface area contributed by atoms with Crippen molar-refractivity contribution in [3.05, 3.63) is 70.7 Å². The minimum absolute atomic E-state index is 0.0341. The Morgan fingerprint density at radius 3 is 2.30 bits per heavy atom. The third-order valence-electron chi connectivity index (χ3n) is 3.65. The molecule has 2 N–H and O–H groups in total. The molecule has 1 unspecified atom stereocenters. The summed E-state index contributed by atoms with van der Waals surface area (Å²) in [5, 5.41) is 6.08. The molecule has 0 aliphatic heterocycles. The molecule has 0 aliphatic rings. The van der Waals surface area contributed by atoms with E-state index in [0.29, 0.717) is 30.5 Å². The normalized spacial score (nSPS) is 11.5. The molecule has 0 saturated heterocycles. The maximum atomic E-state index is 12.1. The molecular formula is C20H23ClN2O3S. The highest BCUT2D eigenvalue weighted by atomic mass is 35.5. The second-order valence-corrected chi connectivity index (χ2v) is 7.18. The Morgan fingerprint density at radius 1 is 1.00 bits per heavy atom. The van der Waals surface area contributed by atoms with Crippen LogP contribution in [-0.2, 0) is 9.53 Å². The van der Waals surface area contributed by atoms with Gasteiger partial charge in [-0.1, -0.05) is 54.1 Å². The Balaban J connectivity index is 1.87. The van der Waals surface area contributed by atoms with Gasteiger partial charge < -0.3 is 15.4 Å². The molecule has 0 saturated carbocycles. The van der Waals surface area contributed by atoms with Crippen molar-refractivity contribution in [1.29, 1.82) is 0 Å². The average molecular weight is 407 g/mol. The maximum absolute atomic E-state index is 12.1. The Hall–Kier alpha value is -2.18. The molecule has 0 bridgehead atoms. The molecular weight excluding hydrogens is 384 g/mol. The number of hydrogen-bond donors (Lipinski definition) is 2. The monoisotopic (exact) mass is 406 g/mol. The summed E-state index contributed by atoms with van der Waals surface area (Å²) in [6.07, 6.45) is -0.479. The van der Waals surface area contributed by atoms with E-state index in [0.717, 1.165) is 11.1 Å². The minimum atomic E-state index is -0.479. The van der Waals surface area contributed by atoms with Gasteiger partial charge >= 0.3 is 6.09 Å². The van der Waals surface area contributed by atoms with Crippen LogP contribution in [0, 0.1) is 0 Å². The lowest BCUT2D eigenvalue weighted by Crippen LogP contribution is -2.35. The molecule has 5 nitrogen and oxygen atoms in total. The van der Waals surface area contributed by atoms with Crippen molar-refractivity contribution in [1.82, 2.24) is 10.6 Å². The Bertz CT molecular complexity index is 726. The fourth-order valence-corrected chi connectivity index (χ4v) is 3.65. The molecule has 0 aliphatic carbocycles. The lowest BCUT2D eigenvalue weighted by Gasteiger charge is -2.18. The molecule has 2 aromatic rings. The quantitative estimate of drug-likeness (QED) is 0.617. The van der Waals surface area contributed by atoms with Crippen LogP contribution in [0.1, 0.15) is 23.3 Å². The summed E-state index contributed by atoms with van der Waals surface area (Å²) in [7, 11) is 0. The summed E-state index contributed by atoms with van der Waals surface area (Å²) < 4.78 is 4.76. The fraction of sp³-hybridized carbons (Fsp3) is 0.300. The van der Waals surface area contributed by atoms with Crippen LogP contribution >= 0.6 is 23.4 Å². The van der Waals surface area contributed by atoms with Gasteiger partial charge in [0.1, 0.15) is 0 Å². The first-order chi connectivity index (χ1) is 13.1. The van der Waals surface area contributed by atoms with E-state index in [1.807, 2.05) is 54.6 Å². The van der Waals surface area contributed by atoms with Gasteiger partial charge in [0.15, 0.2) is 0 Å². The van der Waals surface area contributed by atoms with Gasteiger partial charge in [0.2, 0.25) is 5.91 Å². The number of amides is 2. The van der Waals surface area contributed by atoms with E-state index in [9.17, 15) is 9.59 Å². The number of halogens is 1. The number of hydrogen-bond acceptors (Lipinski definition) is 4. The minimum Gasteiger partial charge on any atom is -0.450 e. The van der Waals surface area contributed by atoms with Crippen molar-refractivity contribution in [3.63, 3.8) is 0 Å². The zero-order chi connectivity index (χ0) is 19.5. The number of rotatable bonds is 9. The highest BCUT2D eigenvalue weighted by Crippen LogP contribution is 2.35. The van der Waals surface area contributed by atoms with Crippen molar-refractivity contribution in [2.45, 2.75) is 12.2 Å². The maximum Gasteiger partial charge on any atom is 0.407 e. The van der Waals surface area contributed by atoms with Crippen molar-refractivity contribution >= 4 is 35.4 Å². The van der Waals surface area contributed by atoms with E-state index >= 15 is 0 Å². The zero-order valence-electron chi connectivity index (χ0n) is 15.1. The van der Waals surface area contributed by atoms with Gasteiger partial charge in [-0.05, 0) is 30.2 Å². The molecule has 27 heavy (non-hydrogen) atoms. The van der Waals surface area contributed by atoms with Gasteiger partial charge in [0.25, 0.3) is 0 Å². The van der Waals surface area contributed by atoms with Gasteiger partial charge in [0, 0.05) is 18.1 Å². The zero-order valence-corrected chi connectivity index (χ0v) is 16.7.